The molecular formula is C17H24N2O3. The highest BCUT2D eigenvalue weighted by atomic mass is 16.5. The lowest BCUT2D eigenvalue weighted by atomic mass is 9.94. The van der Waals surface area contributed by atoms with Gasteiger partial charge in [-0.1, -0.05) is 29.8 Å². The van der Waals surface area contributed by atoms with Crippen LogP contribution in [0.5, 0.6) is 0 Å². The number of aryl methyl sites for hydroxylation is 2. The van der Waals surface area contributed by atoms with Gasteiger partial charge >= 0.3 is 0 Å². The van der Waals surface area contributed by atoms with E-state index in [1.807, 2.05) is 6.07 Å². The Bertz CT molecular complexity index is 567. The van der Waals surface area contributed by atoms with Crippen molar-refractivity contribution in [3.05, 3.63) is 35.4 Å². The first-order valence-electron chi connectivity index (χ1n) is 7.66. The number of carbonyl (C=O) groups excluding carboxylic acids is 2. The first-order valence-corrected chi connectivity index (χ1v) is 7.66. The second-order valence-corrected chi connectivity index (χ2v) is 6.34. The van der Waals surface area contributed by atoms with E-state index < -0.39 is 11.9 Å². The molecular weight excluding hydrogens is 280 g/mol. The van der Waals surface area contributed by atoms with Gasteiger partial charge in [-0.05, 0) is 45.1 Å². The normalized spacial score (nSPS) is 16.7. The molecule has 1 aromatic rings. The number of benzene rings is 1. The molecule has 22 heavy (non-hydrogen) atoms. The molecule has 5 heteroatoms. The lowest BCUT2D eigenvalue weighted by Crippen LogP contribution is -2.47. The summed E-state index contributed by atoms with van der Waals surface area (Å²) in [6, 6.07) is 7.65. The maximum atomic E-state index is 12.6. The summed E-state index contributed by atoms with van der Waals surface area (Å²) < 4.78 is 0. The average molecular weight is 304 g/mol. The number of hydroxylamine groups is 1. The van der Waals surface area contributed by atoms with Gasteiger partial charge in [0.2, 0.25) is 5.91 Å². The minimum Gasteiger partial charge on any atom is -0.333 e. The Kier molecular flexibility index (Phi) is 4.86. The fourth-order valence-electron chi connectivity index (χ4n) is 2.79. The van der Waals surface area contributed by atoms with Gasteiger partial charge in [0.15, 0.2) is 0 Å². The number of hydrogen-bond donors (Lipinski definition) is 2. The third kappa shape index (κ3) is 3.47. The van der Waals surface area contributed by atoms with Crippen LogP contribution in [-0.2, 0) is 16.0 Å². The maximum absolute atomic E-state index is 12.6. The molecule has 5 nitrogen and oxygen atoms in total. The van der Waals surface area contributed by atoms with Crippen LogP contribution in [0.1, 0.15) is 37.3 Å². The summed E-state index contributed by atoms with van der Waals surface area (Å²) in [4.78, 5) is 25.5. The minimum absolute atomic E-state index is 0.00347. The molecule has 0 aliphatic heterocycles. The van der Waals surface area contributed by atoms with Crippen LogP contribution in [0.15, 0.2) is 24.3 Å². The predicted molar refractivity (Wildman–Crippen MR) is 83.3 cm³/mol. The van der Waals surface area contributed by atoms with Crippen LogP contribution in [0.25, 0.3) is 0 Å². The number of likely N-dealkylation sites (N-methyl/N-ethyl adjacent to an activating group) is 1. The smallest absolute Gasteiger partial charge is 0.265 e. The first-order chi connectivity index (χ1) is 10.4. The summed E-state index contributed by atoms with van der Waals surface area (Å²) in [5.74, 6) is -0.568. The van der Waals surface area contributed by atoms with Crippen molar-refractivity contribution in [2.45, 2.75) is 45.6 Å². The molecule has 2 N–H and O–H groups in total. The number of nitrogens with one attached hydrogen (secondary N) is 1. The topological polar surface area (TPSA) is 69.6 Å². The van der Waals surface area contributed by atoms with Crippen molar-refractivity contribution in [2.24, 2.45) is 5.41 Å². The second-order valence-electron chi connectivity index (χ2n) is 6.34. The Morgan fingerprint density at radius 3 is 2.64 bits per heavy atom. The highest BCUT2D eigenvalue weighted by molar-refractivity contribution is 5.90. The van der Waals surface area contributed by atoms with Gasteiger partial charge in [-0.2, -0.15) is 0 Å². The van der Waals surface area contributed by atoms with E-state index in [9.17, 15) is 9.59 Å². The SMILES string of the molecule is Cc1cccc(CCC2(C(=O)N(C)C(C)C(=O)NO)CC2)c1. The van der Waals surface area contributed by atoms with Crippen molar-refractivity contribution in [1.29, 1.82) is 0 Å². The van der Waals surface area contributed by atoms with Gasteiger partial charge in [-0.25, -0.2) is 5.48 Å². The lowest BCUT2D eigenvalue weighted by Gasteiger charge is -2.27. The van der Waals surface area contributed by atoms with E-state index in [0.717, 1.165) is 25.7 Å². The molecule has 1 saturated carbocycles. The first kappa shape index (κ1) is 16.5. The molecule has 2 amide bonds. The van der Waals surface area contributed by atoms with E-state index in [1.165, 1.54) is 16.0 Å². The summed E-state index contributed by atoms with van der Waals surface area (Å²) in [6.45, 7) is 3.67. The maximum Gasteiger partial charge on any atom is 0.265 e. The zero-order valence-corrected chi connectivity index (χ0v) is 13.4. The third-order valence-corrected chi connectivity index (χ3v) is 4.67. The van der Waals surface area contributed by atoms with Crippen molar-refractivity contribution >= 4 is 11.8 Å². The van der Waals surface area contributed by atoms with Gasteiger partial charge < -0.3 is 4.90 Å². The Hall–Kier alpha value is -1.88. The molecule has 1 unspecified atom stereocenters. The molecule has 0 spiro atoms. The van der Waals surface area contributed by atoms with E-state index in [-0.39, 0.29) is 11.3 Å². The van der Waals surface area contributed by atoms with Crippen molar-refractivity contribution < 1.29 is 14.8 Å². The lowest BCUT2D eigenvalue weighted by molar-refractivity contribution is -0.145. The van der Waals surface area contributed by atoms with Crippen LogP contribution < -0.4 is 5.48 Å². The monoisotopic (exact) mass is 304 g/mol. The van der Waals surface area contributed by atoms with Crippen LogP contribution in [0.2, 0.25) is 0 Å². The van der Waals surface area contributed by atoms with Crippen molar-refractivity contribution in [3.8, 4) is 0 Å². The summed E-state index contributed by atoms with van der Waals surface area (Å²) in [5, 5.41) is 8.69. The molecule has 1 aliphatic rings. The van der Waals surface area contributed by atoms with Crippen LogP contribution in [0.3, 0.4) is 0 Å². The van der Waals surface area contributed by atoms with Crippen molar-refractivity contribution in [3.63, 3.8) is 0 Å². The van der Waals surface area contributed by atoms with Crippen LogP contribution in [-0.4, -0.2) is 35.0 Å². The molecule has 0 aromatic heterocycles. The molecule has 0 saturated heterocycles. The molecule has 0 radical (unpaired) electrons. The molecule has 2 rings (SSSR count). The third-order valence-electron chi connectivity index (χ3n) is 4.67. The standard InChI is InChI=1S/C17H24N2O3/c1-12-5-4-6-14(11-12)7-8-17(9-10-17)16(21)19(3)13(2)15(20)18-22/h4-6,11,13,22H,7-10H2,1-3H3,(H,18,20). The number of hydrogen-bond acceptors (Lipinski definition) is 3. The zero-order chi connectivity index (χ0) is 16.3. The van der Waals surface area contributed by atoms with Gasteiger partial charge in [-0.3, -0.25) is 14.8 Å². The highest BCUT2D eigenvalue weighted by Crippen LogP contribution is 2.51. The van der Waals surface area contributed by atoms with E-state index in [4.69, 9.17) is 5.21 Å². The number of amides is 2. The number of nitrogens with zero attached hydrogens (tertiary/aromatic N) is 1. The van der Waals surface area contributed by atoms with E-state index in [0.29, 0.717) is 0 Å². The van der Waals surface area contributed by atoms with Crippen LogP contribution in [0.4, 0.5) is 0 Å². The van der Waals surface area contributed by atoms with Crippen molar-refractivity contribution in [2.75, 3.05) is 7.05 Å². The predicted octanol–water partition coefficient (Wildman–Crippen LogP) is 2.06. The fourth-order valence-corrected chi connectivity index (χ4v) is 2.79. The Morgan fingerprint density at radius 1 is 1.41 bits per heavy atom. The van der Waals surface area contributed by atoms with E-state index in [2.05, 4.69) is 25.1 Å². The van der Waals surface area contributed by atoms with E-state index >= 15 is 0 Å². The molecule has 0 heterocycles. The minimum atomic E-state index is -0.672. The zero-order valence-electron chi connectivity index (χ0n) is 13.4. The Balaban J connectivity index is 1.98. The quantitative estimate of drug-likeness (QED) is 0.624. The molecule has 0 bridgehead atoms. The van der Waals surface area contributed by atoms with Gasteiger partial charge in [-0.15, -0.1) is 0 Å². The van der Waals surface area contributed by atoms with Crippen molar-refractivity contribution in [1.82, 2.24) is 10.4 Å². The Labute approximate surface area is 131 Å². The number of rotatable bonds is 6. The number of carbonyl (C=O) groups is 2. The molecule has 1 aliphatic carbocycles. The highest BCUT2D eigenvalue weighted by Gasteiger charge is 2.51. The summed E-state index contributed by atoms with van der Waals surface area (Å²) in [6.07, 6.45) is 3.40. The molecule has 1 atom stereocenters. The largest absolute Gasteiger partial charge is 0.333 e. The molecule has 120 valence electrons. The molecule has 1 fully saturated rings. The average Bonchev–Trinajstić information content (AvgIpc) is 3.31. The summed E-state index contributed by atoms with van der Waals surface area (Å²) in [5.41, 5.74) is 3.73. The summed E-state index contributed by atoms with van der Waals surface area (Å²) >= 11 is 0. The van der Waals surface area contributed by atoms with Gasteiger partial charge in [0, 0.05) is 12.5 Å². The molecule has 1 aromatic carbocycles. The second kappa shape index (κ2) is 6.48. The van der Waals surface area contributed by atoms with Gasteiger partial charge in [0.25, 0.3) is 5.91 Å². The van der Waals surface area contributed by atoms with E-state index in [1.54, 1.807) is 19.5 Å². The van der Waals surface area contributed by atoms with Crippen LogP contribution >= 0.6 is 0 Å². The summed E-state index contributed by atoms with van der Waals surface area (Å²) in [7, 11) is 1.62. The van der Waals surface area contributed by atoms with Gasteiger partial charge in [0.05, 0.1) is 0 Å². The Morgan fingerprint density at radius 2 is 2.09 bits per heavy atom. The van der Waals surface area contributed by atoms with Crippen LogP contribution in [0, 0.1) is 12.3 Å². The van der Waals surface area contributed by atoms with Gasteiger partial charge in [0.1, 0.15) is 6.04 Å². The fraction of sp³-hybridized carbons (Fsp3) is 0.529.